The van der Waals surface area contributed by atoms with Gasteiger partial charge in [0.05, 0.1) is 30.1 Å². The van der Waals surface area contributed by atoms with Crippen molar-refractivity contribution in [1.82, 2.24) is 20.0 Å². The van der Waals surface area contributed by atoms with Crippen LogP contribution in [0.4, 0.5) is 18.0 Å². The third-order valence-electron chi connectivity index (χ3n) is 7.06. The summed E-state index contributed by atoms with van der Waals surface area (Å²) in [6, 6.07) is 7.18. The Hall–Kier alpha value is -2.59. The summed E-state index contributed by atoms with van der Waals surface area (Å²) in [4.78, 5) is 16.9. The lowest BCUT2D eigenvalue weighted by molar-refractivity contribution is -0.137. The predicted molar refractivity (Wildman–Crippen MR) is 129 cm³/mol. The van der Waals surface area contributed by atoms with Gasteiger partial charge in [-0.2, -0.15) is 18.3 Å². The largest absolute Gasteiger partial charge is 0.416 e. The Labute approximate surface area is 209 Å². The summed E-state index contributed by atoms with van der Waals surface area (Å²) in [6.45, 7) is 6.44. The Morgan fingerprint density at radius 2 is 1.81 bits per heavy atom. The Kier molecular flexibility index (Phi) is 8.24. The number of hydrogen-bond acceptors (Lipinski definition) is 4. The smallest absolute Gasteiger partial charge is 0.393 e. The molecule has 3 heterocycles. The van der Waals surface area contributed by atoms with E-state index in [1.165, 1.54) is 12.1 Å². The van der Waals surface area contributed by atoms with Crippen LogP contribution in [0.15, 0.2) is 30.3 Å². The van der Waals surface area contributed by atoms with E-state index in [0.717, 1.165) is 29.1 Å². The second-order valence-corrected chi connectivity index (χ2v) is 10.1. The molecule has 2 fully saturated rings. The quantitative estimate of drug-likeness (QED) is 0.600. The fourth-order valence-corrected chi connectivity index (χ4v) is 5.03. The molecule has 36 heavy (non-hydrogen) atoms. The van der Waals surface area contributed by atoms with Gasteiger partial charge in [0.15, 0.2) is 0 Å². The zero-order valence-electron chi connectivity index (χ0n) is 20.8. The molecule has 1 aromatic carbocycles. The lowest BCUT2D eigenvalue weighted by atomic mass is 9.82. The fourth-order valence-electron chi connectivity index (χ4n) is 5.03. The second kappa shape index (κ2) is 11.2. The number of piperidine rings is 2. The van der Waals surface area contributed by atoms with Gasteiger partial charge in [-0.15, -0.1) is 0 Å². The number of alkyl halides is 3. The topological polar surface area (TPSA) is 81.7 Å². The number of hydrogen-bond donors (Lipinski definition) is 2. The van der Waals surface area contributed by atoms with Crippen LogP contribution in [-0.4, -0.2) is 76.1 Å². The molecule has 0 bridgehead atoms. The molecule has 4 rings (SSSR count). The molecule has 198 valence electrons. The molecule has 2 saturated heterocycles. The first kappa shape index (κ1) is 26.5. The number of nitrogens with zero attached hydrogens (tertiary/aromatic N) is 3. The van der Waals surface area contributed by atoms with E-state index in [4.69, 9.17) is 4.74 Å². The number of aromatic amines is 1. The van der Waals surface area contributed by atoms with Crippen molar-refractivity contribution < 1.29 is 27.8 Å². The maximum Gasteiger partial charge on any atom is 0.416 e. The molecule has 2 atom stereocenters. The maximum atomic E-state index is 13.4. The molecule has 0 radical (unpaired) electrons. The summed E-state index contributed by atoms with van der Waals surface area (Å²) in [7, 11) is 0. The molecule has 2 aliphatic heterocycles. The number of carbonyl (C=O) groups excluding carboxylic acids is 1. The predicted octanol–water partition coefficient (Wildman–Crippen LogP) is 4.55. The molecular formula is C26H35F3N4O3. The van der Waals surface area contributed by atoms with Crippen LogP contribution in [0.25, 0.3) is 0 Å². The Morgan fingerprint density at radius 3 is 2.44 bits per heavy atom. The highest BCUT2D eigenvalue weighted by Crippen LogP contribution is 2.37. The minimum atomic E-state index is -4.39. The number of H-pyrrole nitrogens is 1. The van der Waals surface area contributed by atoms with E-state index in [1.54, 1.807) is 9.80 Å². The number of aromatic nitrogens is 2. The number of halogens is 3. The van der Waals surface area contributed by atoms with Crippen molar-refractivity contribution >= 4 is 6.03 Å². The van der Waals surface area contributed by atoms with Gasteiger partial charge < -0.3 is 19.6 Å². The minimum absolute atomic E-state index is 0.0543. The van der Waals surface area contributed by atoms with Gasteiger partial charge in [-0.25, -0.2) is 4.79 Å². The van der Waals surface area contributed by atoms with Crippen molar-refractivity contribution in [1.29, 1.82) is 0 Å². The van der Waals surface area contributed by atoms with Crippen LogP contribution in [0.2, 0.25) is 0 Å². The molecule has 2 aliphatic rings. The molecule has 1 aromatic heterocycles. The number of benzene rings is 1. The van der Waals surface area contributed by atoms with Crippen LogP contribution in [0.1, 0.15) is 67.5 Å². The Morgan fingerprint density at radius 1 is 1.14 bits per heavy atom. The third kappa shape index (κ3) is 6.59. The molecule has 10 heteroatoms. The van der Waals surface area contributed by atoms with Gasteiger partial charge in [-0.3, -0.25) is 5.10 Å². The fraction of sp³-hybridized carbons (Fsp3) is 0.615. The van der Waals surface area contributed by atoms with Gasteiger partial charge in [-0.05, 0) is 56.9 Å². The van der Waals surface area contributed by atoms with Crippen LogP contribution in [0.5, 0.6) is 0 Å². The number of aliphatic hydroxyl groups excluding tert-OH is 1. The van der Waals surface area contributed by atoms with Crippen molar-refractivity contribution in [3.63, 3.8) is 0 Å². The molecule has 2 amide bonds. The van der Waals surface area contributed by atoms with Crippen molar-refractivity contribution in [2.75, 3.05) is 32.8 Å². The highest BCUT2D eigenvalue weighted by Gasteiger charge is 2.36. The lowest BCUT2D eigenvalue weighted by Crippen LogP contribution is -2.51. The van der Waals surface area contributed by atoms with E-state index in [9.17, 15) is 23.1 Å². The van der Waals surface area contributed by atoms with Gasteiger partial charge in [0.25, 0.3) is 0 Å². The highest BCUT2D eigenvalue weighted by molar-refractivity contribution is 5.75. The number of amides is 2. The summed E-state index contributed by atoms with van der Waals surface area (Å²) < 4.78 is 44.9. The molecular weight excluding hydrogens is 473 g/mol. The third-order valence-corrected chi connectivity index (χ3v) is 7.06. The van der Waals surface area contributed by atoms with Crippen molar-refractivity contribution in [2.45, 2.75) is 69.8 Å². The van der Waals surface area contributed by atoms with Gasteiger partial charge in [0.1, 0.15) is 0 Å². The molecule has 7 nitrogen and oxygen atoms in total. The van der Waals surface area contributed by atoms with Crippen molar-refractivity contribution in [3.05, 3.63) is 52.8 Å². The zero-order valence-corrected chi connectivity index (χ0v) is 20.8. The average Bonchev–Trinajstić information content (AvgIpc) is 3.32. The summed E-state index contributed by atoms with van der Waals surface area (Å²) >= 11 is 0. The summed E-state index contributed by atoms with van der Waals surface area (Å²) in [5, 5.41) is 17.4. The number of rotatable bonds is 6. The SMILES string of the molecule is CC(C)OCCc1cc(C2CC(c3ccc(C(F)(F)F)cc3)CN(C(=O)N3CCC(O)CC3)C2)n[nH]1. The van der Waals surface area contributed by atoms with E-state index in [-0.39, 0.29) is 30.1 Å². The van der Waals surface area contributed by atoms with E-state index in [0.29, 0.717) is 58.5 Å². The van der Waals surface area contributed by atoms with Crippen LogP contribution >= 0.6 is 0 Å². The Balaban J connectivity index is 1.52. The van der Waals surface area contributed by atoms with Gasteiger partial charge >= 0.3 is 12.2 Å². The number of nitrogens with one attached hydrogen (secondary N) is 1. The molecule has 2 aromatic rings. The number of carbonyl (C=O) groups is 1. The minimum Gasteiger partial charge on any atom is -0.393 e. The molecule has 2 N–H and O–H groups in total. The second-order valence-electron chi connectivity index (χ2n) is 10.1. The summed E-state index contributed by atoms with van der Waals surface area (Å²) in [5.41, 5.74) is 1.89. The first-order valence-electron chi connectivity index (χ1n) is 12.6. The first-order valence-corrected chi connectivity index (χ1v) is 12.6. The summed E-state index contributed by atoms with van der Waals surface area (Å²) in [6.07, 6.45) is -2.16. The number of likely N-dealkylation sites (tertiary alicyclic amines) is 2. The van der Waals surface area contributed by atoms with Crippen molar-refractivity contribution in [2.24, 2.45) is 0 Å². The maximum absolute atomic E-state index is 13.4. The normalized spacial score (nSPS) is 21.9. The van der Waals surface area contributed by atoms with E-state index >= 15 is 0 Å². The number of ether oxygens (including phenoxy) is 1. The van der Waals surface area contributed by atoms with Crippen molar-refractivity contribution in [3.8, 4) is 0 Å². The molecule has 2 unspecified atom stereocenters. The highest BCUT2D eigenvalue weighted by atomic mass is 19.4. The van der Waals surface area contributed by atoms with Gasteiger partial charge in [0, 0.05) is 50.1 Å². The zero-order chi connectivity index (χ0) is 25.9. The molecule has 0 aliphatic carbocycles. The Bertz CT molecular complexity index is 1000. The van der Waals surface area contributed by atoms with Crippen LogP contribution in [0, 0.1) is 0 Å². The van der Waals surface area contributed by atoms with Crippen LogP contribution < -0.4 is 0 Å². The molecule has 0 saturated carbocycles. The number of aliphatic hydroxyl groups is 1. The first-order chi connectivity index (χ1) is 17.1. The van der Waals surface area contributed by atoms with E-state index in [1.807, 2.05) is 19.9 Å². The van der Waals surface area contributed by atoms with Crippen LogP contribution in [0.3, 0.4) is 0 Å². The average molecular weight is 509 g/mol. The monoisotopic (exact) mass is 508 g/mol. The standard InChI is InChI=1S/C26H35F3N4O3/c1-17(2)36-12-9-22-14-24(31-30-22)20-13-19(18-3-5-21(6-4-18)26(27,28)29)15-33(16-20)25(35)32-10-7-23(34)8-11-32/h3-6,14,17,19-20,23,34H,7-13,15-16H2,1-2H3,(H,30,31). The van der Waals surface area contributed by atoms with Crippen LogP contribution in [-0.2, 0) is 17.3 Å². The van der Waals surface area contributed by atoms with E-state index < -0.39 is 11.7 Å². The van der Waals surface area contributed by atoms with Gasteiger partial charge in [0.2, 0.25) is 0 Å². The van der Waals surface area contributed by atoms with E-state index in [2.05, 4.69) is 10.2 Å². The lowest BCUT2D eigenvalue weighted by Gasteiger charge is -2.41. The number of urea groups is 1. The van der Waals surface area contributed by atoms with Gasteiger partial charge in [-0.1, -0.05) is 12.1 Å². The summed E-state index contributed by atoms with van der Waals surface area (Å²) in [5.74, 6) is -0.170. The molecule has 0 spiro atoms.